The summed E-state index contributed by atoms with van der Waals surface area (Å²) in [6, 6.07) is 4.90. The summed E-state index contributed by atoms with van der Waals surface area (Å²) >= 11 is 0. The molecule has 1 aromatic carbocycles. The molecule has 6 heteroatoms. The van der Waals surface area contributed by atoms with Gasteiger partial charge in [-0.3, -0.25) is 10.1 Å². The third-order valence-electron chi connectivity index (χ3n) is 3.12. The number of rotatable bonds is 4. The van der Waals surface area contributed by atoms with Gasteiger partial charge >= 0.3 is 0 Å². The Kier molecular flexibility index (Phi) is 3.66. The summed E-state index contributed by atoms with van der Waals surface area (Å²) in [6.07, 6.45) is 0.913. The molecule has 6 nitrogen and oxygen atoms in total. The van der Waals surface area contributed by atoms with Crippen molar-refractivity contribution in [1.29, 1.82) is 0 Å². The van der Waals surface area contributed by atoms with Crippen molar-refractivity contribution < 1.29 is 14.4 Å². The fourth-order valence-corrected chi connectivity index (χ4v) is 2.03. The second-order valence-corrected chi connectivity index (χ2v) is 4.26. The van der Waals surface area contributed by atoms with Gasteiger partial charge in [0.15, 0.2) is 0 Å². The van der Waals surface area contributed by atoms with E-state index in [1.54, 1.807) is 12.1 Å². The Hall–Kier alpha value is -1.82. The highest BCUT2D eigenvalue weighted by atomic mass is 16.6. The van der Waals surface area contributed by atoms with Crippen LogP contribution < -0.4 is 10.1 Å². The van der Waals surface area contributed by atoms with Crippen molar-refractivity contribution in [3.8, 4) is 5.75 Å². The predicted octanol–water partition coefficient (Wildman–Crippen LogP) is 2.19. The van der Waals surface area contributed by atoms with E-state index in [0.717, 1.165) is 6.42 Å². The van der Waals surface area contributed by atoms with Gasteiger partial charge in [0.1, 0.15) is 11.4 Å². The van der Waals surface area contributed by atoms with Gasteiger partial charge < -0.3 is 14.8 Å². The molecule has 0 amide bonds. The number of ether oxygens (including phenoxy) is 2. The molecule has 1 fully saturated rings. The fraction of sp³-hybridized carbons (Fsp3) is 0.500. The number of nitro groups is 1. The van der Waals surface area contributed by atoms with Gasteiger partial charge in [0, 0.05) is 6.61 Å². The van der Waals surface area contributed by atoms with Gasteiger partial charge in [-0.1, -0.05) is 0 Å². The molecule has 18 heavy (non-hydrogen) atoms. The number of anilines is 1. The van der Waals surface area contributed by atoms with Gasteiger partial charge in [-0.25, -0.2) is 0 Å². The van der Waals surface area contributed by atoms with Crippen molar-refractivity contribution in [3.63, 3.8) is 0 Å². The lowest BCUT2D eigenvalue weighted by Crippen LogP contribution is -2.26. The molecule has 0 spiro atoms. The Morgan fingerprint density at radius 2 is 2.33 bits per heavy atom. The smallest absolute Gasteiger partial charge is 0.296 e. The zero-order chi connectivity index (χ0) is 13.1. The molecule has 0 radical (unpaired) electrons. The van der Waals surface area contributed by atoms with Crippen LogP contribution >= 0.6 is 0 Å². The molecule has 2 unspecified atom stereocenters. The first-order chi connectivity index (χ1) is 8.61. The lowest BCUT2D eigenvalue weighted by atomic mass is 10.1. The first-order valence-corrected chi connectivity index (χ1v) is 5.82. The van der Waals surface area contributed by atoms with Crippen LogP contribution in [0.25, 0.3) is 0 Å². The Labute approximate surface area is 105 Å². The molecule has 1 aliphatic heterocycles. The summed E-state index contributed by atoms with van der Waals surface area (Å²) in [5, 5.41) is 14.2. The SMILES string of the molecule is COc1ccc(NC2CCOC2C)c([N+](=O)[O-])c1. The number of methoxy groups -OCH3 is 1. The van der Waals surface area contributed by atoms with Gasteiger partial charge in [-0.15, -0.1) is 0 Å². The number of nitrogens with one attached hydrogen (secondary N) is 1. The van der Waals surface area contributed by atoms with E-state index in [1.807, 2.05) is 6.92 Å². The van der Waals surface area contributed by atoms with Gasteiger partial charge in [0.25, 0.3) is 5.69 Å². The monoisotopic (exact) mass is 252 g/mol. The summed E-state index contributed by atoms with van der Waals surface area (Å²) in [6.45, 7) is 2.64. The molecule has 0 saturated carbocycles. The molecule has 1 saturated heterocycles. The summed E-state index contributed by atoms with van der Waals surface area (Å²) < 4.78 is 10.4. The maximum atomic E-state index is 11.0. The average Bonchev–Trinajstić information content (AvgIpc) is 2.75. The van der Waals surface area contributed by atoms with Gasteiger partial charge in [0.05, 0.1) is 30.2 Å². The van der Waals surface area contributed by atoms with Crippen LogP contribution in [0.3, 0.4) is 0 Å². The first kappa shape index (κ1) is 12.6. The maximum Gasteiger partial charge on any atom is 0.296 e. The first-order valence-electron chi connectivity index (χ1n) is 5.82. The van der Waals surface area contributed by atoms with Crippen LogP contribution in [0.1, 0.15) is 13.3 Å². The van der Waals surface area contributed by atoms with Gasteiger partial charge in [-0.05, 0) is 25.5 Å². The van der Waals surface area contributed by atoms with Gasteiger partial charge in [0.2, 0.25) is 0 Å². The van der Waals surface area contributed by atoms with E-state index in [-0.39, 0.29) is 17.8 Å². The van der Waals surface area contributed by atoms with Crippen LogP contribution in [0.4, 0.5) is 11.4 Å². The number of nitro benzene ring substituents is 1. The van der Waals surface area contributed by atoms with Crippen LogP contribution in [0.5, 0.6) is 5.75 Å². The van der Waals surface area contributed by atoms with Crippen LogP contribution in [0.2, 0.25) is 0 Å². The topological polar surface area (TPSA) is 73.6 Å². The van der Waals surface area contributed by atoms with Crippen LogP contribution in [0, 0.1) is 10.1 Å². The zero-order valence-electron chi connectivity index (χ0n) is 10.4. The highest BCUT2D eigenvalue weighted by molar-refractivity contribution is 5.64. The predicted molar refractivity (Wildman–Crippen MR) is 67.1 cm³/mol. The molecule has 2 rings (SSSR count). The van der Waals surface area contributed by atoms with Crippen molar-refractivity contribution >= 4 is 11.4 Å². The molecule has 0 aliphatic carbocycles. The van der Waals surface area contributed by atoms with Gasteiger partial charge in [-0.2, -0.15) is 0 Å². The molecular weight excluding hydrogens is 236 g/mol. The third-order valence-corrected chi connectivity index (χ3v) is 3.12. The molecule has 1 heterocycles. The molecular formula is C12H16N2O4. The molecule has 0 bridgehead atoms. The zero-order valence-corrected chi connectivity index (χ0v) is 10.4. The normalized spacial score (nSPS) is 22.8. The minimum Gasteiger partial charge on any atom is -0.496 e. The standard InChI is InChI=1S/C12H16N2O4/c1-8-10(5-6-18-8)13-11-4-3-9(17-2)7-12(11)14(15)16/h3-4,7-8,10,13H,5-6H2,1-2H3. The number of nitrogens with zero attached hydrogens (tertiary/aromatic N) is 1. The summed E-state index contributed by atoms with van der Waals surface area (Å²) in [7, 11) is 1.49. The second-order valence-electron chi connectivity index (χ2n) is 4.26. The number of benzene rings is 1. The van der Waals surface area contributed by atoms with E-state index < -0.39 is 4.92 Å². The Morgan fingerprint density at radius 3 is 2.89 bits per heavy atom. The highest BCUT2D eigenvalue weighted by Gasteiger charge is 2.26. The second kappa shape index (κ2) is 5.22. The molecule has 1 aliphatic rings. The van der Waals surface area contributed by atoms with Crippen LogP contribution in [0.15, 0.2) is 18.2 Å². The molecule has 1 N–H and O–H groups in total. The largest absolute Gasteiger partial charge is 0.496 e. The van der Waals surface area contributed by atoms with E-state index in [2.05, 4.69) is 5.32 Å². The van der Waals surface area contributed by atoms with E-state index in [4.69, 9.17) is 9.47 Å². The molecule has 2 atom stereocenters. The number of hydrogen-bond donors (Lipinski definition) is 1. The van der Waals surface area contributed by atoms with Crippen molar-refractivity contribution in [2.75, 3.05) is 19.0 Å². The fourth-order valence-electron chi connectivity index (χ4n) is 2.03. The molecule has 98 valence electrons. The third kappa shape index (κ3) is 2.53. The molecule has 0 aromatic heterocycles. The highest BCUT2D eigenvalue weighted by Crippen LogP contribution is 2.31. The summed E-state index contributed by atoms with van der Waals surface area (Å²) in [4.78, 5) is 10.6. The lowest BCUT2D eigenvalue weighted by molar-refractivity contribution is -0.384. The Morgan fingerprint density at radius 1 is 1.56 bits per heavy atom. The quantitative estimate of drug-likeness (QED) is 0.656. The lowest BCUT2D eigenvalue weighted by Gasteiger charge is -2.17. The van der Waals surface area contributed by atoms with Crippen molar-refractivity contribution in [3.05, 3.63) is 28.3 Å². The van der Waals surface area contributed by atoms with E-state index in [0.29, 0.717) is 18.0 Å². The van der Waals surface area contributed by atoms with E-state index in [9.17, 15) is 10.1 Å². The minimum atomic E-state index is -0.411. The number of hydrogen-bond acceptors (Lipinski definition) is 5. The summed E-state index contributed by atoms with van der Waals surface area (Å²) in [5.41, 5.74) is 0.525. The maximum absolute atomic E-state index is 11.0. The van der Waals surface area contributed by atoms with E-state index in [1.165, 1.54) is 13.2 Å². The average molecular weight is 252 g/mol. The van der Waals surface area contributed by atoms with Crippen molar-refractivity contribution in [2.45, 2.75) is 25.5 Å². The molecule has 1 aromatic rings. The Bertz CT molecular complexity index is 450. The Balaban J connectivity index is 2.23. The van der Waals surface area contributed by atoms with Crippen LogP contribution in [-0.2, 0) is 4.74 Å². The van der Waals surface area contributed by atoms with Crippen LogP contribution in [-0.4, -0.2) is 30.8 Å². The van der Waals surface area contributed by atoms with Crippen molar-refractivity contribution in [2.24, 2.45) is 0 Å². The minimum absolute atomic E-state index is 0.0217. The van der Waals surface area contributed by atoms with E-state index >= 15 is 0 Å². The summed E-state index contributed by atoms with van der Waals surface area (Å²) in [5.74, 6) is 0.475. The van der Waals surface area contributed by atoms with Crippen molar-refractivity contribution in [1.82, 2.24) is 0 Å².